The number of anilines is 1. The first-order valence-electron chi connectivity index (χ1n) is 7.32. The Balaban J connectivity index is 1.93. The number of aliphatic hydroxyl groups is 1. The van der Waals surface area contributed by atoms with Gasteiger partial charge < -0.3 is 20.5 Å². The fourth-order valence-corrected chi connectivity index (χ4v) is 2.61. The molecule has 0 radical (unpaired) electrons. The lowest BCUT2D eigenvalue weighted by molar-refractivity contribution is -0.153. The molecule has 0 aromatic heterocycles. The molecule has 5 nitrogen and oxygen atoms in total. The number of rotatable bonds is 5. The Kier molecular flexibility index (Phi) is 5.35. The van der Waals surface area contributed by atoms with Crippen LogP contribution in [-0.4, -0.2) is 36.1 Å². The number of halogens is 3. The van der Waals surface area contributed by atoms with Crippen LogP contribution in [0.2, 0.25) is 0 Å². The summed E-state index contributed by atoms with van der Waals surface area (Å²) in [6, 6.07) is 5.21. The monoisotopic (exact) mass is 332 g/mol. The molecule has 1 saturated carbocycles. The molecule has 0 saturated heterocycles. The lowest BCUT2D eigenvalue weighted by atomic mass is 9.99. The molecule has 1 aromatic carbocycles. The first kappa shape index (κ1) is 17.4. The summed E-state index contributed by atoms with van der Waals surface area (Å²) >= 11 is 0. The standard InChI is InChI=1S/C15H19F3N2O3/c16-15(17,18)10-23-12-5-3-4-11(8-12)19-13(22)20-14(9-21)6-1-2-7-14/h3-5,8,21H,1-2,6-7,9-10H2,(H2,19,20,22). The van der Waals surface area contributed by atoms with Crippen LogP contribution in [0, 0.1) is 0 Å². The van der Waals surface area contributed by atoms with Crippen LogP contribution in [0.3, 0.4) is 0 Å². The van der Waals surface area contributed by atoms with Crippen molar-refractivity contribution in [2.75, 3.05) is 18.5 Å². The van der Waals surface area contributed by atoms with Crippen LogP contribution in [0.25, 0.3) is 0 Å². The van der Waals surface area contributed by atoms with E-state index in [1.165, 1.54) is 18.2 Å². The zero-order chi connectivity index (χ0) is 16.9. The summed E-state index contributed by atoms with van der Waals surface area (Å²) in [5.74, 6) is 0.0119. The summed E-state index contributed by atoms with van der Waals surface area (Å²) in [5, 5.41) is 14.7. The number of hydrogen-bond acceptors (Lipinski definition) is 3. The highest BCUT2D eigenvalue weighted by Crippen LogP contribution is 2.29. The molecule has 128 valence electrons. The summed E-state index contributed by atoms with van der Waals surface area (Å²) in [4.78, 5) is 12.0. The summed E-state index contributed by atoms with van der Waals surface area (Å²) < 4.78 is 41.0. The molecule has 1 aromatic rings. The van der Waals surface area contributed by atoms with Crippen LogP contribution in [0.15, 0.2) is 24.3 Å². The van der Waals surface area contributed by atoms with Gasteiger partial charge in [-0.25, -0.2) is 4.79 Å². The van der Waals surface area contributed by atoms with E-state index in [0.717, 1.165) is 12.8 Å². The number of nitrogens with one attached hydrogen (secondary N) is 2. The SMILES string of the molecule is O=C(Nc1cccc(OCC(F)(F)F)c1)NC1(CO)CCCC1. The van der Waals surface area contributed by atoms with E-state index in [4.69, 9.17) is 0 Å². The van der Waals surface area contributed by atoms with E-state index >= 15 is 0 Å². The maximum absolute atomic E-state index is 12.1. The fourth-order valence-electron chi connectivity index (χ4n) is 2.61. The topological polar surface area (TPSA) is 70.6 Å². The molecular formula is C15H19F3N2O3. The molecule has 0 heterocycles. The first-order valence-corrected chi connectivity index (χ1v) is 7.32. The first-order chi connectivity index (χ1) is 10.8. The highest BCUT2D eigenvalue weighted by atomic mass is 19.4. The van der Waals surface area contributed by atoms with Crippen molar-refractivity contribution in [2.24, 2.45) is 0 Å². The molecule has 0 spiro atoms. The van der Waals surface area contributed by atoms with Gasteiger partial charge in [0.2, 0.25) is 0 Å². The number of aliphatic hydroxyl groups excluding tert-OH is 1. The third-order valence-electron chi connectivity index (χ3n) is 3.74. The number of carbonyl (C=O) groups excluding carboxylic acids is 1. The second-order valence-corrected chi connectivity index (χ2v) is 5.66. The maximum atomic E-state index is 12.1. The largest absolute Gasteiger partial charge is 0.484 e. The molecule has 8 heteroatoms. The number of alkyl halides is 3. The van der Waals surface area contributed by atoms with Gasteiger partial charge >= 0.3 is 12.2 Å². The zero-order valence-electron chi connectivity index (χ0n) is 12.4. The molecule has 0 atom stereocenters. The normalized spacial score (nSPS) is 16.9. The fraction of sp³-hybridized carbons (Fsp3) is 0.533. The Bertz CT molecular complexity index is 543. The van der Waals surface area contributed by atoms with Gasteiger partial charge in [0.25, 0.3) is 0 Å². The Morgan fingerprint density at radius 3 is 2.61 bits per heavy atom. The summed E-state index contributed by atoms with van der Waals surface area (Å²) in [6.07, 6.45) is -1.16. The van der Waals surface area contributed by atoms with E-state index in [1.54, 1.807) is 6.07 Å². The van der Waals surface area contributed by atoms with E-state index < -0.39 is 24.4 Å². The van der Waals surface area contributed by atoms with Crippen molar-refractivity contribution in [3.8, 4) is 5.75 Å². The Labute approximate surface area is 131 Å². The molecule has 1 aliphatic carbocycles. The van der Waals surface area contributed by atoms with Crippen LogP contribution in [0.1, 0.15) is 25.7 Å². The predicted molar refractivity (Wildman–Crippen MR) is 78.4 cm³/mol. The summed E-state index contributed by atoms with van der Waals surface area (Å²) in [5.41, 5.74) is -0.303. The van der Waals surface area contributed by atoms with Gasteiger partial charge in [-0.05, 0) is 25.0 Å². The molecule has 3 N–H and O–H groups in total. The smallest absolute Gasteiger partial charge is 0.422 e. The minimum atomic E-state index is -4.42. The van der Waals surface area contributed by atoms with Crippen molar-refractivity contribution in [3.05, 3.63) is 24.3 Å². The Morgan fingerprint density at radius 1 is 1.30 bits per heavy atom. The highest BCUT2D eigenvalue weighted by molar-refractivity contribution is 5.90. The van der Waals surface area contributed by atoms with Crippen molar-refractivity contribution >= 4 is 11.7 Å². The van der Waals surface area contributed by atoms with Gasteiger partial charge in [-0.1, -0.05) is 18.9 Å². The molecule has 23 heavy (non-hydrogen) atoms. The van der Waals surface area contributed by atoms with Crippen molar-refractivity contribution in [1.82, 2.24) is 5.32 Å². The van der Waals surface area contributed by atoms with Crippen molar-refractivity contribution in [1.29, 1.82) is 0 Å². The lowest BCUT2D eigenvalue weighted by Crippen LogP contribution is -2.50. The van der Waals surface area contributed by atoms with Crippen LogP contribution in [0.5, 0.6) is 5.75 Å². The third kappa shape index (κ3) is 5.31. The van der Waals surface area contributed by atoms with Crippen LogP contribution >= 0.6 is 0 Å². The molecule has 2 amide bonds. The van der Waals surface area contributed by atoms with Crippen molar-refractivity contribution in [2.45, 2.75) is 37.4 Å². The zero-order valence-corrected chi connectivity index (χ0v) is 12.4. The molecule has 2 rings (SSSR count). The van der Waals surface area contributed by atoms with Crippen molar-refractivity contribution in [3.63, 3.8) is 0 Å². The number of carbonyl (C=O) groups is 1. The van der Waals surface area contributed by atoms with Gasteiger partial charge in [0.1, 0.15) is 5.75 Å². The Morgan fingerprint density at radius 2 is 2.00 bits per heavy atom. The molecule has 1 fully saturated rings. The average molecular weight is 332 g/mol. The van der Waals surface area contributed by atoms with Gasteiger partial charge in [-0.15, -0.1) is 0 Å². The highest BCUT2D eigenvalue weighted by Gasteiger charge is 2.34. The van der Waals surface area contributed by atoms with Crippen LogP contribution < -0.4 is 15.4 Å². The quantitative estimate of drug-likeness (QED) is 0.776. The van der Waals surface area contributed by atoms with E-state index in [9.17, 15) is 23.1 Å². The van der Waals surface area contributed by atoms with Crippen molar-refractivity contribution < 1.29 is 27.8 Å². The Hall–Kier alpha value is -1.96. The molecular weight excluding hydrogens is 313 g/mol. The second kappa shape index (κ2) is 7.08. The second-order valence-electron chi connectivity index (χ2n) is 5.66. The minimum Gasteiger partial charge on any atom is -0.484 e. The molecule has 1 aliphatic rings. The van der Waals surface area contributed by atoms with Gasteiger partial charge in [0.05, 0.1) is 12.1 Å². The van der Waals surface area contributed by atoms with Gasteiger partial charge in [0, 0.05) is 11.8 Å². The molecule has 0 unspecified atom stereocenters. The summed E-state index contributed by atoms with van der Waals surface area (Å²) in [6.45, 7) is -1.54. The molecule has 0 aliphatic heterocycles. The number of benzene rings is 1. The number of amides is 2. The average Bonchev–Trinajstić information content (AvgIpc) is 2.94. The number of hydrogen-bond donors (Lipinski definition) is 3. The maximum Gasteiger partial charge on any atom is 0.422 e. The predicted octanol–water partition coefficient (Wildman–Crippen LogP) is 3.05. The van der Waals surface area contributed by atoms with E-state index in [0.29, 0.717) is 18.5 Å². The summed E-state index contributed by atoms with van der Waals surface area (Å²) in [7, 11) is 0. The van der Waals surface area contributed by atoms with E-state index in [-0.39, 0.29) is 12.4 Å². The van der Waals surface area contributed by atoms with Gasteiger partial charge in [0.15, 0.2) is 6.61 Å². The van der Waals surface area contributed by atoms with Crippen LogP contribution in [0.4, 0.5) is 23.7 Å². The minimum absolute atomic E-state index is 0.0119. The number of urea groups is 1. The van der Waals surface area contributed by atoms with Crippen LogP contribution in [-0.2, 0) is 0 Å². The van der Waals surface area contributed by atoms with E-state index in [1.807, 2.05) is 0 Å². The molecule has 0 bridgehead atoms. The number of ether oxygens (including phenoxy) is 1. The lowest BCUT2D eigenvalue weighted by Gasteiger charge is -2.28. The van der Waals surface area contributed by atoms with Gasteiger partial charge in [-0.3, -0.25) is 0 Å². The third-order valence-corrected chi connectivity index (χ3v) is 3.74. The van der Waals surface area contributed by atoms with E-state index in [2.05, 4.69) is 15.4 Å². The van der Waals surface area contributed by atoms with Gasteiger partial charge in [-0.2, -0.15) is 13.2 Å².